The van der Waals surface area contributed by atoms with E-state index in [2.05, 4.69) is 20.4 Å². The maximum atomic E-state index is 13.1. The fourth-order valence-electron chi connectivity index (χ4n) is 2.72. The van der Waals surface area contributed by atoms with Crippen molar-refractivity contribution in [3.05, 3.63) is 83.1 Å². The molecule has 0 unspecified atom stereocenters. The van der Waals surface area contributed by atoms with E-state index in [9.17, 15) is 9.18 Å². The predicted molar refractivity (Wildman–Crippen MR) is 109 cm³/mol. The lowest BCUT2D eigenvalue weighted by Gasteiger charge is -2.15. The number of hydrogen-bond donors (Lipinski definition) is 2. The molecule has 1 amide bonds. The van der Waals surface area contributed by atoms with Crippen molar-refractivity contribution in [2.75, 3.05) is 0 Å². The molecule has 29 heavy (non-hydrogen) atoms. The van der Waals surface area contributed by atoms with Crippen LogP contribution in [0.4, 0.5) is 4.39 Å². The Hall–Kier alpha value is -3.32. The van der Waals surface area contributed by atoms with Crippen molar-refractivity contribution in [1.29, 1.82) is 0 Å². The quantitative estimate of drug-likeness (QED) is 0.368. The average molecular weight is 413 g/mol. The molecule has 0 radical (unpaired) electrons. The van der Waals surface area contributed by atoms with Crippen LogP contribution in [-0.2, 0) is 0 Å². The van der Waals surface area contributed by atoms with E-state index in [0.717, 1.165) is 11.8 Å². The van der Waals surface area contributed by atoms with Gasteiger partial charge in [0.2, 0.25) is 0 Å². The smallest absolute Gasteiger partial charge is 0.251 e. The van der Waals surface area contributed by atoms with Crippen LogP contribution in [0, 0.1) is 12.7 Å². The van der Waals surface area contributed by atoms with Crippen LogP contribution in [0.2, 0.25) is 0 Å². The van der Waals surface area contributed by atoms with Crippen molar-refractivity contribution in [1.82, 2.24) is 15.3 Å². The number of pyridine rings is 2. The van der Waals surface area contributed by atoms with Gasteiger partial charge in [-0.2, -0.15) is 0 Å². The zero-order valence-electron chi connectivity index (χ0n) is 15.7. The minimum absolute atomic E-state index is 0.152. The molecule has 0 aliphatic carbocycles. The maximum absolute atomic E-state index is 13.1. The zero-order valence-corrected chi connectivity index (χ0v) is 16.5. The van der Waals surface area contributed by atoms with Gasteiger partial charge in [-0.15, -0.1) is 0 Å². The van der Waals surface area contributed by atoms with Gasteiger partial charge in [0, 0.05) is 22.9 Å². The Labute approximate surface area is 172 Å². The monoisotopic (exact) mass is 412 g/mol. The van der Waals surface area contributed by atoms with Gasteiger partial charge in [0.1, 0.15) is 5.82 Å². The second-order valence-electron chi connectivity index (χ2n) is 6.51. The van der Waals surface area contributed by atoms with Crippen LogP contribution in [0.1, 0.15) is 40.1 Å². The molecule has 2 N–H and O–H groups in total. The lowest BCUT2D eigenvalue weighted by molar-refractivity contribution is 0.0939. The number of nitrogens with one attached hydrogen (secondary N) is 1. The van der Waals surface area contributed by atoms with Gasteiger partial charge in [-0.25, -0.2) is 4.39 Å². The van der Waals surface area contributed by atoms with Gasteiger partial charge in [0.05, 0.1) is 23.6 Å². The number of rotatable bonds is 5. The summed E-state index contributed by atoms with van der Waals surface area (Å²) in [5, 5.41) is 14.7. The summed E-state index contributed by atoms with van der Waals surface area (Å²) >= 11 is 5.97. The highest BCUT2D eigenvalue weighted by atomic mass is 35.5. The van der Waals surface area contributed by atoms with Crippen LogP contribution in [0.15, 0.2) is 60.0 Å². The second-order valence-corrected chi connectivity index (χ2v) is 6.87. The number of aryl methyl sites for hydroxylation is 1. The molecule has 148 valence electrons. The predicted octanol–water partition coefficient (Wildman–Crippen LogP) is 4.46. The first-order chi connectivity index (χ1) is 13.9. The molecular weight excluding hydrogens is 395 g/mol. The van der Waals surface area contributed by atoms with Gasteiger partial charge < -0.3 is 10.5 Å². The van der Waals surface area contributed by atoms with Crippen molar-refractivity contribution in [2.24, 2.45) is 5.16 Å². The number of carbonyl (C=O) groups is 1. The average Bonchev–Trinajstić information content (AvgIpc) is 2.73. The Balaban J connectivity index is 1.94. The molecule has 0 aliphatic rings. The van der Waals surface area contributed by atoms with Crippen molar-refractivity contribution < 1.29 is 14.4 Å². The Kier molecular flexibility index (Phi) is 6.19. The Morgan fingerprint density at radius 2 is 1.90 bits per heavy atom. The number of aromatic nitrogens is 2. The molecule has 0 saturated carbocycles. The normalized spacial score (nSPS) is 12.5. The summed E-state index contributed by atoms with van der Waals surface area (Å²) in [5.41, 5.74) is 3.47. The topological polar surface area (TPSA) is 87.5 Å². The minimum atomic E-state index is -0.451. The number of amides is 1. The second kappa shape index (κ2) is 8.79. The Bertz CT molecular complexity index is 1050. The van der Waals surface area contributed by atoms with Crippen LogP contribution < -0.4 is 5.32 Å². The maximum Gasteiger partial charge on any atom is 0.251 e. The van der Waals surface area contributed by atoms with Crippen LogP contribution in [0.3, 0.4) is 0 Å². The fraction of sp³-hybridized carbons (Fsp3) is 0.143. The van der Waals surface area contributed by atoms with Gasteiger partial charge in [-0.1, -0.05) is 22.8 Å². The lowest BCUT2D eigenvalue weighted by Crippen LogP contribution is -2.27. The largest absolute Gasteiger partial charge is 0.410 e. The number of carbonyl (C=O) groups excluding carboxylic acids is 1. The van der Waals surface area contributed by atoms with E-state index in [0.29, 0.717) is 28.1 Å². The first-order valence-electron chi connectivity index (χ1n) is 8.75. The molecule has 3 rings (SSSR count). The summed E-state index contributed by atoms with van der Waals surface area (Å²) in [7, 11) is 0. The molecule has 0 fully saturated rings. The third-order valence-corrected chi connectivity index (χ3v) is 4.56. The van der Waals surface area contributed by atoms with Gasteiger partial charge in [-0.3, -0.25) is 14.8 Å². The molecular formula is C21H18ClFN4O2. The highest BCUT2D eigenvalue weighted by molar-refractivity contribution is 6.69. The van der Waals surface area contributed by atoms with Crippen molar-refractivity contribution in [2.45, 2.75) is 19.9 Å². The molecule has 0 aliphatic heterocycles. The van der Waals surface area contributed by atoms with Crippen LogP contribution in [0.5, 0.6) is 0 Å². The molecule has 1 aromatic carbocycles. The van der Waals surface area contributed by atoms with Crippen LogP contribution in [0.25, 0.3) is 11.3 Å². The fourth-order valence-corrected chi connectivity index (χ4v) is 2.83. The van der Waals surface area contributed by atoms with E-state index in [4.69, 9.17) is 16.8 Å². The Morgan fingerprint density at radius 3 is 2.52 bits per heavy atom. The summed E-state index contributed by atoms with van der Waals surface area (Å²) in [6.45, 7) is 3.67. The highest BCUT2D eigenvalue weighted by Crippen LogP contribution is 2.23. The van der Waals surface area contributed by atoms with E-state index < -0.39 is 11.9 Å². The van der Waals surface area contributed by atoms with Crippen LogP contribution in [-0.4, -0.2) is 26.3 Å². The number of benzene rings is 1. The molecule has 2 aromatic heterocycles. The van der Waals surface area contributed by atoms with E-state index in [1.54, 1.807) is 25.3 Å². The molecule has 0 spiro atoms. The number of nitrogens with zero attached hydrogens (tertiary/aromatic N) is 3. The van der Waals surface area contributed by atoms with Gasteiger partial charge >= 0.3 is 0 Å². The van der Waals surface area contributed by atoms with Crippen molar-refractivity contribution in [3.63, 3.8) is 0 Å². The van der Waals surface area contributed by atoms with Crippen molar-refractivity contribution in [3.8, 4) is 11.3 Å². The summed E-state index contributed by atoms with van der Waals surface area (Å²) in [4.78, 5) is 21.2. The minimum Gasteiger partial charge on any atom is -0.410 e. The summed E-state index contributed by atoms with van der Waals surface area (Å²) < 4.78 is 13.1. The van der Waals surface area contributed by atoms with Crippen LogP contribution >= 0.6 is 11.6 Å². The highest BCUT2D eigenvalue weighted by Gasteiger charge is 2.16. The number of oxime groups is 1. The van der Waals surface area contributed by atoms with E-state index in [1.807, 2.05) is 19.1 Å². The van der Waals surface area contributed by atoms with E-state index in [1.165, 1.54) is 18.2 Å². The third kappa shape index (κ3) is 4.94. The summed E-state index contributed by atoms with van der Waals surface area (Å²) in [6.07, 6.45) is 2.81. The number of halogens is 2. The SMILES string of the molecule is Cc1ccc(-c2cc(C(=O)N[C@H](C)c3ccc(F)cn3)cc(C(Cl)=NO)c2)nc1. The molecule has 1 atom stereocenters. The van der Waals surface area contributed by atoms with Gasteiger partial charge in [0.15, 0.2) is 5.17 Å². The molecule has 6 nitrogen and oxygen atoms in total. The lowest BCUT2D eigenvalue weighted by atomic mass is 10.0. The van der Waals surface area contributed by atoms with E-state index >= 15 is 0 Å². The molecule has 8 heteroatoms. The molecule has 3 aromatic rings. The Morgan fingerprint density at radius 1 is 1.14 bits per heavy atom. The third-order valence-electron chi connectivity index (χ3n) is 4.27. The van der Waals surface area contributed by atoms with Gasteiger partial charge in [0.25, 0.3) is 5.91 Å². The molecule has 0 bridgehead atoms. The molecule has 2 heterocycles. The van der Waals surface area contributed by atoms with Gasteiger partial charge in [-0.05, 0) is 55.8 Å². The first-order valence-corrected chi connectivity index (χ1v) is 9.13. The zero-order chi connectivity index (χ0) is 21.0. The summed E-state index contributed by atoms with van der Waals surface area (Å²) in [5.74, 6) is -0.839. The first kappa shape index (κ1) is 20.4. The summed E-state index contributed by atoms with van der Waals surface area (Å²) in [6, 6.07) is 10.9. The molecule has 0 saturated heterocycles. The standard InChI is InChI=1S/C21H18ClFN4O2/c1-12-3-5-19(24-10-12)14-7-15(20(22)27-29)9-16(8-14)21(28)26-13(2)18-6-4-17(23)11-25-18/h3-11,13,29H,1-2H3,(H,26,28)/t13-/m1/s1. The number of hydrogen-bond acceptors (Lipinski definition) is 5. The van der Waals surface area contributed by atoms with E-state index in [-0.39, 0.29) is 11.1 Å². The van der Waals surface area contributed by atoms with Crippen molar-refractivity contribution >= 4 is 22.7 Å².